The van der Waals surface area contributed by atoms with E-state index >= 15 is 0 Å². The number of ether oxygens (including phenoxy) is 2. The van der Waals surface area contributed by atoms with Crippen molar-refractivity contribution in [2.75, 3.05) is 20.8 Å². The second kappa shape index (κ2) is 11.8. The lowest BCUT2D eigenvalue weighted by Crippen LogP contribution is -2.47. The summed E-state index contributed by atoms with van der Waals surface area (Å²) in [5.41, 5.74) is 1.66. The Morgan fingerprint density at radius 3 is 2.39 bits per heavy atom. The van der Waals surface area contributed by atoms with Crippen LogP contribution >= 0.6 is 23.2 Å². The lowest BCUT2D eigenvalue weighted by atomic mass is 10.1. The molecule has 0 aliphatic carbocycles. The molecular formula is C23H28Cl2N2O4. The van der Waals surface area contributed by atoms with Gasteiger partial charge in [-0.05, 0) is 55.7 Å². The maximum absolute atomic E-state index is 13.1. The molecule has 0 saturated carbocycles. The van der Waals surface area contributed by atoms with Gasteiger partial charge >= 0.3 is 0 Å². The van der Waals surface area contributed by atoms with Crippen LogP contribution in [0, 0.1) is 0 Å². The van der Waals surface area contributed by atoms with Gasteiger partial charge < -0.3 is 19.7 Å². The molecule has 0 fully saturated rings. The van der Waals surface area contributed by atoms with Crippen LogP contribution in [0.1, 0.15) is 31.4 Å². The molecule has 0 aromatic heterocycles. The highest BCUT2D eigenvalue weighted by molar-refractivity contribution is 6.35. The van der Waals surface area contributed by atoms with Crippen molar-refractivity contribution < 1.29 is 19.1 Å². The van der Waals surface area contributed by atoms with Gasteiger partial charge in [0, 0.05) is 29.6 Å². The number of carbonyl (C=O) groups excluding carboxylic acids is 2. The second-order valence-corrected chi connectivity index (χ2v) is 7.86. The molecule has 168 valence electrons. The van der Waals surface area contributed by atoms with Crippen molar-refractivity contribution in [3.05, 3.63) is 57.6 Å². The number of carbonyl (C=O) groups is 2. The number of methoxy groups -OCH3 is 2. The van der Waals surface area contributed by atoms with E-state index in [0.717, 1.165) is 11.1 Å². The Hall–Kier alpha value is -2.44. The van der Waals surface area contributed by atoms with Crippen LogP contribution in [-0.2, 0) is 22.6 Å². The van der Waals surface area contributed by atoms with Crippen LogP contribution in [0.15, 0.2) is 36.4 Å². The summed E-state index contributed by atoms with van der Waals surface area (Å²) >= 11 is 12.3. The zero-order valence-electron chi connectivity index (χ0n) is 18.2. The quantitative estimate of drug-likeness (QED) is 0.559. The number of hydrogen-bond donors (Lipinski definition) is 1. The molecule has 2 aromatic carbocycles. The maximum atomic E-state index is 13.1. The Labute approximate surface area is 193 Å². The molecule has 0 unspecified atom stereocenters. The van der Waals surface area contributed by atoms with E-state index in [4.69, 9.17) is 32.7 Å². The van der Waals surface area contributed by atoms with Gasteiger partial charge in [-0.25, -0.2) is 0 Å². The summed E-state index contributed by atoms with van der Waals surface area (Å²) in [5, 5.41) is 3.74. The van der Waals surface area contributed by atoms with Crippen LogP contribution in [-0.4, -0.2) is 43.5 Å². The molecule has 0 bridgehead atoms. The fourth-order valence-electron chi connectivity index (χ4n) is 3.17. The van der Waals surface area contributed by atoms with Gasteiger partial charge in [-0.2, -0.15) is 0 Å². The van der Waals surface area contributed by atoms with Crippen LogP contribution in [0.5, 0.6) is 11.5 Å². The molecule has 31 heavy (non-hydrogen) atoms. The summed E-state index contributed by atoms with van der Waals surface area (Å²) in [6.07, 6.45) is 0.719. The van der Waals surface area contributed by atoms with Crippen LogP contribution in [0.4, 0.5) is 0 Å². The number of nitrogens with one attached hydrogen (secondary N) is 1. The number of benzene rings is 2. The average Bonchev–Trinajstić information content (AvgIpc) is 2.76. The first kappa shape index (κ1) is 24.8. The molecule has 0 aliphatic heterocycles. The second-order valence-electron chi connectivity index (χ2n) is 7.02. The van der Waals surface area contributed by atoms with Crippen molar-refractivity contribution >= 4 is 35.0 Å². The fraction of sp³-hybridized carbons (Fsp3) is 0.391. The molecule has 6 nitrogen and oxygen atoms in total. The highest BCUT2D eigenvalue weighted by Crippen LogP contribution is 2.28. The number of aryl methyl sites for hydroxylation is 1. The third kappa shape index (κ3) is 6.77. The summed E-state index contributed by atoms with van der Waals surface area (Å²) in [6, 6.07) is 10.0. The summed E-state index contributed by atoms with van der Waals surface area (Å²) in [4.78, 5) is 27.1. The van der Waals surface area contributed by atoms with E-state index in [9.17, 15) is 9.59 Å². The minimum atomic E-state index is -0.649. The Kier molecular flexibility index (Phi) is 9.46. The van der Waals surface area contributed by atoms with Gasteiger partial charge in [-0.1, -0.05) is 35.3 Å². The van der Waals surface area contributed by atoms with Gasteiger partial charge in [-0.3, -0.25) is 9.59 Å². The van der Waals surface area contributed by atoms with E-state index in [2.05, 4.69) is 5.32 Å². The maximum Gasteiger partial charge on any atom is 0.242 e. The van der Waals surface area contributed by atoms with Crippen molar-refractivity contribution in [1.82, 2.24) is 10.2 Å². The van der Waals surface area contributed by atoms with Crippen LogP contribution in [0.25, 0.3) is 0 Å². The van der Waals surface area contributed by atoms with Gasteiger partial charge in [0.05, 0.1) is 14.2 Å². The van der Waals surface area contributed by atoms with Crippen molar-refractivity contribution in [3.63, 3.8) is 0 Å². The van der Waals surface area contributed by atoms with Gasteiger partial charge in [0.2, 0.25) is 11.8 Å². The molecule has 2 aromatic rings. The molecule has 1 N–H and O–H groups in total. The van der Waals surface area contributed by atoms with E-state index in [0.29, 0.717) is 34.5 Å². The molecule has 0 radical (unpaired) electrons. The lowest BCUT2D eigenvalue weighted by Gasteiger charge is -2.29. The van der Waals surface area contributed by atoms with E-state index in [1.54, 1.807) is 50.3 Å². The summed E-state index contributed by atoms with van der Waals surface area (Å²) in [6.45, 7) is 4.24. The highest BCUT2D eigenvalue weighted by atomic mass is 35.5. The van der Waals surface area contributed by atoms with E-state index in [1.807, 2.05) is 19.1 Å². The largest absolute Gasteiger partial charge is 0.493 e. The Bertz CT molecular complexity index is 920. The standard InChI is InChI=1S/C23H28Cl2N2O4/c1-5-26-23(29)15(2)27(14-17-8-9-18(24)13-19(17)25)22(28)11-7-16-6-10-20(30-3)21(12-16)31-4/h6,8-10,12-13,15H,5,7,11,14H2,1-4H3,(H,26,29)/t15-/m1/s1. The molecule has 2 amide bonds. The predicted octanol–water partition coefficient (Wildman–Crippen LogP) is 4.50. The van der Waals surface area contributed by atoms with E-state index in [1.165, 1.54) is 0 Å². The first-order valence-electron chi connectivity index (χ1n) is 10.0. The monoisotopic (exact) mass is 466 g/mol. The van der Waals surface area contributed by atoms with Gasteiger partial charge in [0.15, 0.2) is 11.5 Å². The summed E-state index contributed by atoms with van der Waals surface area (Å²) in [7, 11) is 3.14. The lowest BCUT2D eigenvalue weighted by molar-refractivity contribution is -0.140. The van der Waals surface area contributed by atoms with Crippen LogP contribution in [0.3, 0.4) is 0 Å². The van der Waals surface area contributed by atoms with Crippen molar-refractivity contribution in [1.29, 1.82) is 0 Å². The van der Waals surface area contributed by atoms with Crippen LogP contribution < -0.4 is 14.8 Å². The number of nitrogens with zero attached hydrogens (tertiary/aromatic N) is 1. The van der Waals surface area contributed by atoms with Crippen molar-refractivity contribution in [3.8, 4) is 11.5 Å². The number of halogens is 2. The van der Waals surface area contributed by atoms with Crippen molar-refractivity contribution in [2.45, 2.75) is 39.3 Å². The molecular weight excluding hydrogens is 439 g/mol. The normalized spacial score (nSPS) is 11.5. The van der Waals surface area contributed by atoms with E-state index < -0.39 is 6.04 Å². The molecule has 1 atom stereocenters. The molecule has 0 heterocycles. The number of hydrogen-bond acceptors (Lipinski definition) is 4. The Morgan fingerprint density at radius 2 is 1.77 bits per heavy atom. The zero-order chi connectivity index (χ0) is 23.0. The number of rotatable bonds is 10. The number of amides is 2. The van der Waals surface area contributed by atoms with Gasteiger partial charge in [-0.15, -0.1) is 0 Å². The minimum absolute atomic E-state index is 0.153. The zero-order valence-corrected chi connectivity index (χ0v) is 19.7. The van der Waals surface area contributed by atoms with Gasteiger partial charge in [0.1, 0.15) is 6.04 Å². The Balaban J connectivity index is 2.20. The summed E-state index contributed by atoms with van der Waals surface area (Å²) < 4.78 is 10.6. The highest BCUT2D eigenvalue weighted by Gasteiger charge is 2.26. The molecule has 2 rings (SSSR count). The fourth-order valence-corrected chi connectivity index (χ4v) is 3.64. The first-order valence-corrected chi connectivity index (χ1v) is 10.8. The third-order valence-corrected chi connectivity index (χ3v) is 5.54. The smallest absolute Gasteiger partial charge is 0.242 e. The molecule has 0 saturated heterocycles. The number of likely N-dealkylation sites (N-methyl/N-ethyl adjacent to an activating group) is 1. The molecule has 0 spiro atoms. The van der Waals surface area contributed by atoms with Gasteiger partial charge in [0.25, 0.3) is 0 Å². The Morgan fingerprint density at radius 1 is 1.06 bits per heavy atom. The average molecular weight is 467 g/mol. The molecule has 0 aliphatic rings. The van der Waals surface area contributed by atoms with Crippen LogP contribution in [0.2, 0.25) is 10.0 Å². The third-order valence-electron chi connectivity index (χ3n) is 4.95. The van der Waals surface area contributed by atoms with E-state index in [-0.39, 0.29) is 24.8 Å². The summed E-state index contributed by atoms with van der Waals surface area (Å²) in [5.74, 6) is 0.862. The SMILES string of the molecule is CCNC(=O)[C@@H](C)N(Cc1ccc(Cl)cc1Cl)C(=O)CCc1ccc(OC)c(OC)c1. The predicted molar refractivity (Wildman–Crippen MR) is 123 cm³/mol. The first-order chi connectivity index (χ1) is 14.8. The molecule has 8 heteroatoms. The van der Waals surface area contributed by atoms with Crippen molar-refractivity contribution in [2.24, 2.45) is 0 Å². The minimum Gasteiger partial charge on any atom is -0.493 e. The topological polar surface area (TPSA) is 67.9 Å².